The maximum absolute atomic E-state index is 12.7. The number of ether oxygens (including phenoxy) is 2. The van der Waals surface area contributed by atoms with E-state index >= 15 is 0 Å². The van der Waals surface area contributed by atoms with Crippen molar-refractivity contribution in [2.24, 2.45) is 0 Å². The minimum absolute atomic E-state index is 0.0333. The van der Waals surface area contributed by atoms with Gasteiger partial charge in [0.1, 0.15) is 11.6 Å². The average molecular weight is 390 g/mol. The van der Waals surface area contributed by atoms with E-state index in [9.17, 15) is 4.79 Å². The van der Waals surface area contributed by atoms with Crippen molar-refractivity contribution in [1.82, 2.24) is 10.3 Å². The van der Waals surface area contributed by atoms with E-state index in [1.54, 1.807) is 24.4 Å². The van der Waals surface area contributed by atoms with Gasteiger partial charge in [0.25, 0.3) is 5.91 Å². The summed E-state index contributed by atoms with van der Waals surface area (Å²) in [5, 5.41) is 3.43. The van der Waals surface area contributed by atoms with E-state index in [1.165, 1.54) is 0 Å². The van der Waals surface area contributed by atoms with Crippen LogP contribution >= 0.6 is 11.6 Å². The summed E-state index contributed by atoms with van der Waals surface area (Å²) < 4.78 is 11.1. The highest BCUT2D eigenvalue weighted by molar-refractivity contribution is 6.31. The molecule has 1 amide bonds. The minimum Gasteiger partial charge on any atom is -0.490 e. The predicted octanol–water partition coefficient (Wildman–Crippen LogP) is 3.29. The highest BCUT2D eigenvalue weighted by Crippen LogP contribution is 2.24. The maximum Gasteiger partial charge on any atom is 0.255 e. The molecule has 0 atom stereocenters. The van der Waals surface area contributed by atoms with Crippen LogP contribution in [0.1, 0.15) is 29.8 Å². The van der Waals surface area contributed by atoms with Crippen molar-refractivity contribution in [2.75, 3.05) is 31.2 Å². The fourth-order valence-electron chi connectivity index (χ4n) is 2.85. The molecule has 2 aromatic rings. The number of hydrogen-bond acceptors (Lipinski definition) is 5. The van der Waals surface area contributed by atoms with Gasteiger partial charge in [-0.15, -0.1) is 0 Å². The van der Waals surface area contributed by atoms with Gasteiger partial charge in [0.15, 0.2) is 0 Å². The van der Waals surface area contributed by atoms with Crippen LogP contribution in [0.2, 0.25) is 5.02 Å². The summed E-state index contributed by atoms with van der Waals surface area (Å²) >= 11 is 6.06. The predicted molar refractivity (Wildman–Crippen MR) is 106 cm³/mol. The Morgan fingerprint density at radius 3 is 2.81 bits per heavy atom. The largest absolute Gasteiger partial charge is 0.490 e. The summed E-state index contributed by atoms with van der Waals surface area (Å²) in [6.45, 7) is 7.28. The lowest BCUT2D eigenvalue weighted by Crippen LogP contribution is -2.36. The number of aromatic nitrogens is 1. The molecule has 2 heterocycles. The van der Waals surface area contributed by atoms with E-state index in [2.05, 4.69) is 15.2 Å². The molecular formula is C20H24ClN3O3. The van der Waals surface area contributed by atoms with Crippen LogP contribution in [0.15, 0.2) is 36.5 Å². The molecule has 0 radical (unpaired) electrons. The molecular weight excluding hydrogens is 366 g/mol. The monoisotopic (exact) mass is 389 g/mol. The molecule has 27 heavy (non-hydrogen) atoms. The lowest BCUT2D eigenvalue weighted by Gasteiger charge is -2.28. The minimum atomic E-state index is -0.224. The first-order chi connectivity index (χ1) is 13.0. The third-order valence-electron chi connectivity index (χ3n) is 4.15. The summed E-state index contributed by atoms with van der Waals surface area (Å²) in [5.41, 5.74) is 1.41. The number of morpholine rings is 1. The zero-order chi connectivity index (χ0) is 19.2. The van der Waals surface area contributed by atoms with Crippen LogP contribution in [0.4, 0.5) is 5.82 Å². The number of pyridine rings is 1. The lowest BCUT2D eigenvalue weighted by atomic mass is 10.1. The third-order valence-corrected chi connectivity index (χ3v) is 4.38. The highest BCUT2D eigenvalue weighted by Gasteiger charge is 2.16. The van der Waals surface area contributed by atoms with Gasteiger partial charge in [-0.05, 0) is 49.7 Å². The van der Waals surface area contributed by atoms with Gasteiger partial charge in [-0.25, -0.2) is 4.98 Å². The Labute approximate surface area is 164 Å². The van der Waals surface area contributed by atoms with Gasteiger partial charge in [0.05, 0.1) is 24.9 Å². The van der Waals surface area contributed by atoms with Gasteiger partial charge in [0, 0.05) is 30.9 Å². The lowest BCUT2D eigenvalue weighted by molar-refractivity contribution is 0.0945. The van der Waals surface area contributed by atoms with Crippen molar-refractivity contribution in [3.05, 3.63) is 52.7 Å². The topological polar surface area (TPSA) is 63.7 Å². The first kappa shape index (κ1) is 19.5. The number of carbonyl (C=O) groups is 1. The second-order valence-corrected chi connectivity index (χ2v) is 7.05. The van der Waals surface area contributed by atoms with Gasteiger partial charge in [-0.2, -0.15) is 0 Å². The molecule has 1 aromatic heterocycles. The number of hydrogen-bond donors (Lipinski definition) is 1. The Hall–Kier alpha value is -2.31. The van der Waals surface area contributed by atoms with E-state index in [0.717, 1.165) is 24.5 Å². The number of amides is 1. The summed E-state index contributed by atoms with van der Waals surface area (Å²) in [7, 11) is 0. The molecule has 1 aliphatic rings. The molecule has 1 aromatic carbocycles. The Kier molecular flexibility index (Phi) is 6.53. The fourth-order valence-corrected chi connectivity index (χ4v) is 3.02. The standard InChI is InChI=1S/C20H24ClN3O3/c1-14(2)27-18-4-3-16(21)12-17(18)20(25)23-13-15-5-6-22-19(11-15)24-7-9-26-10-8-24/h3-6,11-12,14H,7-10,13H2,1-2H3,(H,23,25). The molecule has 1 fully saturated rings. The van der Waals surface area contributed by atoms with Crippen molar-refractivity contribution < 1.29 is 14.3 Å². The molecule has 0 bridgehead atoms. The van der Waals surface area contributed by atoms with Crippen LogP contribution in [-0.2, 0) is 11.3 Å². The number of rotatable bonds is 6. The van der Waals surface area contributed by atoms with Crippen LogP contribution in [0.5, 0.6) is 5.75 Å². The van der Waals surface area contributed by atoms with Gasteiger partial charge >= 0.3 is 0 Å². The molecule has 144 valence electrons. The van der Waals surface area contributed by atoms with Crippen LogP contribution in [0, 0.1) is 0 Å². The summed E-state index contributed by atoms with van der Waals surface area (Å²) in [6, 6.07) is 8.96. The van der Waals surface area contributed by atoms with Gasteiger partial charge in [-0.1, -0.05) is 11.6 Å². The molecule has 1 N–H and O–H groups in total. The smallest absolute Gasteiger partial charge is 0.255 e. The number of carbonyl (C=O) groups excluding carboxylic acids is 1. The van der Waals surface area contributed by atoms with Crippen LogP contribution in [0.25, 0.3) is 0 Å². The summed E-state index contributed by atoms with van der Waals surface area (Å²) in [4.78, 5) is 19.3. The van der Waals surface area contributed by atoms with Gasteiger partial charge < -0.3 is 19.7 Å². The zero-order valence-corrected chi connectivity index (χ0v) is 16.3. The molecule has 0 saturated carbocycles. The van der Waals surface area contributed by atoms with Gasteiger partial charge in [-0.3, -0.25) is 4.79 Å². The second kappa shape index (κ2) is 9.06. The Morgan fingerprint density at radius 2 is 2.07 bits per heavy atom. The van der Waals surface area contributed by atoms with Crippen LogP contribution in [-0.4, -0.2) is 43.3 Å². The van der Waals surface area contributed by atoms with Crippen molar-refractivity contribution in [1.29, 1.82) is 0 Å². The molecule has 0 spiro atoms. The normalized spacial score (nSPS) is 14.3. The van der Waals surface area contributed by atoms with Crippen molar-refractivity contribution in [3.8, 4) is 5.75 Å². The first-order valence-electron chi connectivity index (χ1n) is 9.05. The molecule has 0 unspecified atom stereocenters. The molecule has 3 rings (SSSR count). The average Bonchev–Trinajstić information content (AvgIpc) is 2.68. The Bertz CT molecular complexity index is 792. The fraction of sp³-hybridized carbons (Fsp3) is 0.400. The number of nitrogens with one attached hydrogen (secondary N) is 1. The second-order valence-electron chi connectivity index (χ2n) is 6.61. The first-order valence-corrected chi connectivity index (χ1v) is 9.43. The maximum atomic E-state index is 12.7. The van der Waals surface area contributed by atoms with E-state index < -0.39 is 0 Å². The van der Waals surface area contributed by atoms with Crippen molar-refractivity contribution in [3.63, 3.8) is 0 Å². The third kappa shape index (κ3) is 5.34. The highest BCUT2D eigenvalue weighted by atomic mass is 35.5. The Morgan fingerprint density at radius 1 is 1.30 bits per heavy atom. The molecule has 0 aliphatic carbocycles. The molecule has 1 aliphatic heterocycles. The zero-order valence-electron chi connectivity index (χ0n) is 15.6. The van der Waals surface area contributed by atoms with E-state index in [0.29, 0.717) is 36.1 Å². The van der Waals surface area contributed by atoms with Crippen molar-refractivity contribution >= 4 is 23.3 Å². The molecule has 1 saturated heterocycles. The molecule has 6 nitrogen and oxygen atoms in total. The SMILES string of the molecule is CC(C)Oc1ccc(Cl)cc1C(=O)NCc1ccnc(N2CCOCC2)c1. The van der Waals surface area contributed by atoms with Gasteiger partial charge in [0.2, 0.25) is 0 Å². The number of benzene rings is 1. The van der Waals surface area contributed by atoms with Crippen molar-refractivity contribution in [2.45, 2.75) is 26.5 Å². The van der Waals surface area contributed by atoms with E-state index in [4.69, 9.17) is 21.1 Å². The number of halogens is 1. The van der Waals surface area contributed by atoms with E-state index in [-0.39, 0.29) is 12.0 Å². The number of nitrogens with zero attached hydrogens (tertiary/aromatic N) is 2. The molecule has 7 heteroatoms. The Balaban J connectivity index is 1.68. The summed E-state index contributed by atoms with van der Waals surface area (Å²) in [6.07, 6.45) is 1.73. The van der Waals surface area contributed by atoms with E-state index in [1.807, 2.05) is 26.0 Å². The number of anilines is 1. The quantitative estimate of drug-likeness (QED) is 0.821. The van der Waals surface area contributed by atoms with Crippen LogP contribution < -0.4 is 15.0 Å². The van der Waals surface area contributed by atoms with Crippen LogP contribution in [0.3, 0.4) is 0 Å². The summed E-state index contributed by atoms with van der Waals surface area (Å²) in [5.74, 6) is 1.20.